The lowest BCUT2D eigenvalue weighted by atomic mass is 9.84. The van der Waals surface area contributed by atoms with E-state index in [1.165, 1.54) is 36.9 Å². The van der Waals surface area contributed by atoms with E-state index in [1.807, 2.05) is 6.20 Å². The third-order valence-corrected chi connectivity index (χ3v) is 6.36. The van der Waals surface area contributed by atoms with Crippen LogP contribution in [0, 0.1) is 0 Å². The number of oxazole rings is 1. The van der Waals surface area contributed by atoms with Crippen LogP contribution in [-0.2, 0) is 4.74 Å². The number of ether oxygens (including phenoxy) is 2. The van der Waals surface area contributed by atoms with Crippen molar-refractivity contribution in [2.75, 3.05) is 52.5 Å². The predicted molar refractivity (Wildman–Crippen MR) is 106 cm³/mol. The van der Waals surface area contributed by atoms with Gasteiger partial charge in [-0.25, -0.2) is 4.98 Å². The highest BCUT2D eigenvalue weighted by atomic mass is 16.5. The molecule has 0 aliphatic carbocycles. The van der Waals surface area contributed by atoms with E-state index in [9.17, 15) is 0 Å². The van der Waals surface area contributed by atoms with Crippen LogP contribution in [-0.4, -0.2) is 67.3 Å². The highest BCUT2D eigenvalue weighted by molar-refractivity contribution is 5.44. The Morgan fingerprint density at radius 1 is 1.14 bits per heavy atom. The number of benzene rings is 1. The number of fused-ring (bicyclic) bond motifs is 3. The highest BCUT2D eigenvalue weighted by Gasteiger charge is 2.37. The molecule has 4 heterocycles. The molecule has 1 aromatic heterocycles. The van der Waals surface area contributed by atoms with Crippen molar-refractivity contribution in [1.82, 2.24) is 14.8 Å². The van der Waals surface area contributed by atoms with E-state index in [1.54, 1.807) is 0 Å². The number of nitrogens with zero attached hydrogens (tertiary/aromatic N) is 3. The van der Waals surface area contributed by atoms with Crippen LogP contribution in [0.15, 0.2) is 35.2 Å². The van der Waals surface area contributed by atoms with E-state index in [0.29, 0.717) is 6.04 Å². The molecule has 0 saturated carbocycles. The van der Waals surface area contributed by atoms with Crippen LogP contribution in [0.5, 0.6) is 5.75 Å². The molecule has 6 heteroatoms. The maximum atomic E-state index is 6.13. The average molecular weight is 383 g/mol. The van der Waals surface area contributed by atoms with E-state index in [4.69, 9.17) is 13.9 Å². The van der Waals surface area contributed by atoms with Gasteiger partial charge < -0.3 is 13.9 Å². The zero-order valence-electron chi connectivity index (χ0n) is 16.4. The fourth-order valence-electron chi connectivity index (χ4n) is 4.92. The Morgan fingerprint density at radius 3 is 2.93 bits per heavy atom. The maximum absolute atomic E-state index is 6.13. The van der Waals surface area contributed by atoms with Crippen LogP contribution in [0.3, 0.4) is 0 Å². The molecule has 2 unspecified atom stereocenters. The minimum Gasteiger partial charge on any atom is -0.494 e. The van der Waals surface area contributed by atoms with Crippen LogP contribution < -0.4 is 4.74 Å². The summed E-state index contributed by atoms with van der Waals surface area (Å²) < 4.78 is 17.2. The number of rotatable bonds is 6. The Kier molecular flexibility index (Phi) is 5.34. The Morgan fingerprint density at radius 2 is 2.07 bits per heavy atom. The van der Waals surface area contributed by atoms with Crippen molar-refractivity contribution in [3.05, 3.63) is 47.7 Å². The molecule has 2 atom stereocenters. The van der Waals surface area contributed by atoms with Crippen molar-refractivity contribution in [3.8, 4) is 5.75 Å². The van der Waals surface area contributed by atoms with Crippen LogP contribution in [0.2, 0.25) is 0 Å². The quantitative estimate of drug-likeness (QED) is 0.715. The van der Waals surface area contributed by atoms with Crippen molar-refractivity contribution in [1.29, 1.82) is 0 Å². The van der Waals surface area contributed by atoms with Gasteiger partial charge in [0.05, 0.1) is 31.9 Å². The van der Waals surface area contributed by atoms with E-state index in [2.05, 4.69) is 33.0 Å². The van der Waals surface area contributed by atoms with Gasteiger partial charge in [-0.3, -0.25) is 9.80 Å². The van der Waals surface area contributed by atoms with Crippen LogP contribution in [0.25, 0.3) is 0 Å². The highest BCUT2D eigenvalue weighted by Crippen LogP contribution is 2.45. The lowest BCUT2D eigenvalue weighted by molar-refractivity contribution is 0.0358. The molecule has 1 aromatic carbocycles. The Labute approximate surface area is 166 Å². The van der Waals surface area contributed by atoms with E-state index < -0.39 is 0 Å². The summed E-state index contributed by atoms with van der Waals surface area (Å²) in [5.74, 6) is 2.22. The van der Waals surface area contributed by atoms with Gasteiger partial charge in [-0.2, -0.15) is 0 Å². The second-order valence-electron chi connectivity index (χ2n) is 8.06. The standard InChI is InChI=1S/C22H29N3O3/c1-3-21-19-13-17(27-10-2-6-24-8-11-26-12-9-24)4-5-18(19)20(15-25(21)7-1)22-14-23-16-28-22/h4-5,13-14,16,20-21H,1-3,6-12,15H2. The predicted octanol–water partition coefficient (Wildman–Crippen LogP) is 3.06. The summed E-state index contributed by atoms with van der Waals surface area (Å²) in [5.41, 5.74) is 2.79. The summed E-state index contributed by atoms with van der Waals surface area (Å²) in [6.45, 7) is 7.82. The zero-order chi connectivity index (χ0) is 18.8. The SMILES string of the molecule is c1ncc(C2CN3CCCC3c3cc(OCCCN4CCOCC4)ccc32)o1. The summed E-state index contributed by atoms with van der Waals surface area (Å²) in [6.07, 6.45) is 6.94. The molecule has 2 fully saturated rings. The fraction of sp³-hybridized carbons (Fsp3) is 0.591. The Balaban J connectivity index is 1.27. The third-order valence-electron chi connectivity index (χ3n) is 6.36. The smallest absolute Gasteiger partial charge is 0.180 e. The number of aromatic nitrogens is 1. The lowest BCUT2D eigenvalue weighted by Gasteiger charge is -2.36. The molecule has 2 saturated heterocycles. The second-order valence-corrected chi connectivity index (χ2v) is 8.06. The molecule has 3 aliphatic rings. The molecular formula is C22H29N3O3. The first-order valence-electron chi connectivity index (χ1n) is 10.6. The zero-order valence-corrected chi connectivity index (χ0v) is 16.4. The van der Waals surface area contributed by atoms with E-state index in [-0.39, 0.29) is 5.92 Å². The lowest BCUT2D eigenvalue weighted by Crippen LogP contribution is -2.37. The largest absolute Gasteiger partial charge is 0.494 e. The minimum absolute atomic E-state index is 0.266. The summed E-state index contributed by atoms with van der Waals surface area (Å²) in [6, 6.07) is 7.16. The molecule has 0 bridgehead atoms. The van der Waals surface area contributed by atoms with Crippen LogP contribution >= 0.6 is 0 Å². The second kappa shape index (κ2) is 8.23. The van der Waals surface area contributed by atoms with Gasteiger partial charge in [0.25, 0.3) is 0 Å². The first-order valence-corrected chi connectivity index (χ1v) is 10.6. The van der Waals surface area contributed by atoms with Gasteiger partial charge in [-0.15, -0.1) is 0 Å². The van der Waals surface area contributed by atoms with Crippen molar-refractivity contribution in [2.45, 2.75) is 31.2 Å². The number of hydrogen-bond acceptors (Lipinski definition) is 6. The molecule has 2 aromatic rings. The Bertz CT molecular complexity index is 773. The molecule has 0 amide bonds. The summed E-state index contributed by atoms with van der Waals surface area (Å²) in [4.78, 5) is 9.19. The van der Waals surface area contributed by atoms with Gasteiger partial charge in [0.2, 0.25) is 0 Å². The Hall–Kier alpha value is -1.89. The number of morpholine rings is 1. The maximum Gasteiger partial charge on any atom is 0.180 e. The molecule has 0 radical (unpaired) electrons. The molecule has 3 aliphatic heterocycles. The molecule has 5 rings (SSSR count). The summed E-state index contributed by atoms with van der Waals surface area (Å²) >= 11 is 0. The van der Waals surface area contributed by atoms with Gasteiger partial charge in [0.1, 0.15) is 11.5 Å². The van der Waals surface area contributed by atoms with Gasteiger partial charge in [0, 0.05) is 32.2 Å². The van der Waals surface area contributed by atoms with Gasteiger partial charge >= 0.3 is 0 Å². The first-order chi connectivity index (χ1) is 13.9. The fourth-order valence-corrected chi connectivity index (χ4v) is 4.92. The normalized spacial score (nSPS) is 25.4. The van der Waals surface area contributed by atoms with Gasteiger partial charge in [-0.05, 0) is 49.1 Å². The van der Waals surface area contributed by atoms with Crippen LogP contribution in [0.4, 0.5) is 0 Å². The molecule has 150 valence electrons. The molecule has 0 spiro atoms. The third kappa shape index (κ3) is 3.69. The van der Waals surface area contributed by atoms with Crippen LogP contribution in [0.1, 0.15) is 48.1 Å². The van der Waals surface area contributed by atoms with Crippen molar-refractivity contribution >= 4 is 0 Å². The summed E-state index contributed by atoms with van der Waals surface area (Å²) in [7, 11) is 0. The van der Waals surface area contributed by atoms with Crippen molar-refractivity contribution in [3.63, 3.8) is 0 Å². The number of hydrogen-bond donors (Lipinski definition) is 0. The minimum atomic E-state index is 0.266. The molecular weight excluding hydrogens is 354 g/mol. The van der Waals surface area contributed by atoms with E-state index >= 15 is 0 Å². The van der Waals surface area contributed by atoms with Crippen molar-refractivity contribution in [2.24, 2.45) is 0 Å². The monoisotopic (exact) mass is 383 g/mol. The summed E-state index contributed by atoms with van der Waals surface area (Å²) in [5, 5.41) is 0. The van der Waals surface area contributed by atoms with Crippen molar-refractivity contribution < 1.29 is 13.9 Å². The van der Waals surface area contributed by atoms with Gasteiger partial charge in [0.15, 0.2) is 6.39 Å². The van der Waals surface area contributed by atoms with Gasteiger partial charge in [-0.1, -0.05) is 6.07 Å². The molecule has 28 heavy (non-hydrogen) atoms. The molecule has 0 N–H and O–H groups in total. The average Bonchev–Trinajstić information content (AvgIpc) is 3.43. The van der Waals surface area contributed by atoms with E-state index in [0.717, 1.165) is 63.9 Å². The topological polar surface area (TPSA) is 51.0 Å². The molecule has 6 nitrogen and oxygen atoms in total. The first kappa shape index (κ1) is 18.2.